The Morgan fingerprint density at radius 3 is 3.04 bits per heavy atom. The number of carbonyl (C=O) groups excluding carboxylic acids is 1. The summed E-state index contributed by atoms with van der Waals surface area (Å²) in [6.07, 6.45) is 1.33. The average molecular weight is 329 g/mol. The number of anilines is 1. The fourth-order valence-corrected chi connectivity index (χ4v) is 3.86. The van der Waals surface area contributed by atoms with Crippen LogP contribution in [0.25, 0.3) is 0 Å². The predicted octanol–water partition coefficient (Wildman–Crippen LogP) is 2.98. The fraction of sp³-hybridized carbons (Fsp3) is 0.294. The zero-order chi connectivity index (χ0) is 16.2. The molecule has 23 heavy (non-hydrogen) atoms. The number of nitrogens with zero attached hydrogens (tertiary/aromatic N) is 1. The Bertz CT molecular complexity index is 779. The van der Waals surface area contributed by atoms with Crippen molar-refractivity contribution in [1.82, 2.24) is 5.32 Å². The van der Waals surface area contributed by atoms with Crippen LogP contribution in [0.5, 0.6) is 0 Å². The van der Waals surface area contributed by atoms with E-state index in [1.807, 2.05) is 0 Å². The van der Waals surface area contributed by atoms with Gasteiger partial charge in [-0.15, -0.1) is 11.3 Å². The monoisotopic (exact) mass is 329 g/mol. The van der Waals surface area contributed by atoms with Gasteiger partial charge in [0.05, 0.1) is 5.56 Å². The summed E-state index contributed by atoms with van der Waals surface area (Å²) in [4.78, 5) is 13.2. The minimum atomic E-state index is -0.296. The molecule has 0 saturated heterocycles. The van der Waals surface area contributed by atoms with Crippen molar-refractivity contribution in [2.75, 3.05) is 11.9 Å². The number of rotatable bonds is 4. The van der Waals surface area contributed by atoms with E-state index in [1.165, 1.54) is 17.4 Å². The number of nitriles is 1. The minimum Gasteiger partial charge on any atom is -0.317 e. The highest BCUT2D eigenvalue weighted by Gasteiger charge is 2.21. The molecule has 3 rings (SSSR count). The molecule has 1 aliphatic heterocycles. The van der Waals surface area contributed by atoms with Gasteiger partial charge in [-0.3, -0.25) is 4.79 Å². The minimum absolute atomic E-state index is 0.187. The molecule has 0 fully saturated rings. The Kier molecular flexibility index (Phi) is 4.70. The highest BCUT2D eigenvalue weighted by Crippen LogP contribution is 2.34. The van der Waals surface area contributed by atoms with Gasteiger partial charge in [-0.05, 0) is 36.6 Å². The summed E-state index contributed by atoms with van der Waals surface area (Å²) in [5, 5.41) is 16.0. The first-order valence-electron chi connectivity index (χ1n) is 7.47. The molecular weight excluding hydrogens is 313 g/mol. The topological polar surface area (TPSA) is 64.9 Å². The highest BCUT2D eigenvalue weighted by atomic mass is 32.1. The van der Waals surface area contributed by atoms with Gasteiger partial charge in [-0.25, -0.2) is 4.39 Å². The second kappa shape index (κ2) is 6.90. The SMILES string of the molecule is N#Cc1c(NC(=O)CCc2ccccc2F)sc2c1CCNC2. The van der Waals surface area contributed by atoms with Gasteiger partial charge in [0.25, 0.3) is 0 Å². The molecule has 0 atom stereocenters. The Balaban J connectivity index is 1.68. The van der Waals surface area contributed by atoms with Crippen LogP contribution in [0.15, 0.2) is 24.3 Å². The molecule has 6 heteroatoms. The molecule has 0 spiro atoms. The molecule has 1 aromatic heterocycles. The van der Waals surface area contributed by atoms with Crippen molar-refractivity contribution >= 4 is 22.2 Å². The second-order valence-electron chi connectivity index (χ2n) is 5.39. The number of fused-ring (bicyclic) bond motifs is 1. The lowest BCUT2D eigenvalue weighted by atomic mass is 10.0. The number of amides is 1. The first kappa shape index (κ1) is 15.7. The maximum Gasteiger partial charge on any atom is 0.225 e. The molecular formula is C17H16FN3OS. The first-order chi connectivity index (χ1) is 11.2. The van der Waals surface area contributed by atoms with Crippen molar-refractivity contribution in [3.8, 4) is 6.07 Å². The lowest BCUT2D eigenvalue weighted by molar-refractivity contribution is -0.116. The van der Waals surface area contributed by atoms with Crippen LogP contribution in [0, 0.1) is 17.1 Å². The highest BCUT2D eigenvalue weighted by molar-refractivity contribution is 7.16. The van der Waals surface area contributed by atoms with E-state index in [9.17, 15) is 14.4 Å². The molecule has 0 aliphatic carbocycles. The molecule has 1 amide bonds. The van der Waals surface area contributed by atoms with Crippen molar-refractivity contribution in [1.29, 1.82) is 5.26 Å². The maximum absolute atomic E-state index is 13.6. The molecule has 2 N–H and O–H groups in total. The van der Waals surface area contributed by atoms with Crippen LogP contribution in [-0.4, -0.2) is 12.5 Å². The van der Waals surface area contributed by atoms with Gasteiger partial charge in [-0.1, -0.05) is 18.2 Å². The lowest BCUT2D eigenvalue weighted by Gasteiger charge is -2.11. The van der Waals surface area contributed by atoms with Crippen LogP contribution >= 0.6 is 11.3 Å². The number of aryl methyl sites for hydroxylation is 1. The van der Waals surface area contributed by atoms with Gasteiger partial charge in [0.2, 0.25) is 5.91 Å². The Morgan fingerprint density at radius 1 is 1.43 bits per heavy atom. The summed E-state index contributed by atoms with van der Waals surface area (Å²) in [5.41, 5.74) is 2.14. The molecule has 1 aliphatic rings. The third kappa shape index (κ3) is 3.41. The van der Waals surface area contributed by atoms with E-state index in [1.54, 1.807) is 18.2 Å². The van der Waals surface area contributed by atoms with E-state index in [4.69, 9.17) is 0 Å². The molecule has 118 valence electrons. The number of halogens is 1. The zero-order valence-electron chi connectivity index (χ0n) is 12.5. The van der Waals surface area contributed by atoms with E-state index in [0.29, 0.717) is 22.5 Å². The van der Waals surface area contributed by atoms with Crippen molar-refractivity contribution in [2.24, 2.45) is 0 Å². The Morgan fingerprint density at radius 2 is 2.26 bits per heavy atom. The molecule has 0 saturated carbocycles. The summed E-state index contributed by atoms with van der Waals surface area (Å²) >= 11 is 1.45. The second-order valence-corrected chi connectivity index (χ2v) is 6.49. The summed E-state index contributed by atoms with van der Waals surface area (Å²) in [6.45, 7) is 1.58. The molecule has 1 aromatic carbocycles. The van der Waals surface area contributed by atoms with Gasteiger partial charge in [0, 0.05) is 17.8 Å². The normalized spacial score (nSPS) is 13.2. The van der Waals surface area contributed by atoms with Crippen LogP contribution in [0.3, 0.4) is 0 Å². The summed E-state index contributed by atoms with van der Waals surface area (Å²) in [5.74, 6) is -0.494. The number of thiophene rings is 1. The van der Waals surface area contributed by atoms with Crippen LogP contribution in [0.2, 0.25) is 0 Å². The third-order valence-electron chi connectivity index (χ3n) is 3.87. The number of benzene rings is 1. The number of hydrogen-bond acceptors (Lipinski definition) is 4. The molecule has 0 unspecified atom stereocenters. The number of carbonyl (C=O) groups is 1. The Labute approximate surface area is 137 Å². The summed E-state index contributed by atoms with van der Waals surface area (Å²) in [6, 6.07) is 8.65. The van der Waals surface area contributed by atoms with Crippen LogP contribution in [-0.2, 0) is 24.2 Å². The molecule has 2 heterocycles. The van der Waals surface area contributed by atoms with Crippen molar-refractivity contribution < 1.29 is 9.18 Å². The predicted molar refractivity (Wildman–Crippen MR) is 87.8 cm³/mol. The zero-order valence-corrected chi connectivity index (χ0v) is 13.3. The van der Waals surface area contributed by atoms with Gasteiger partial charge in [-0.2, -0.15) is 5.26 Å². The molecule has 4 nitrogen and oxygen atoms in total. The van der Waals surface area contributed by atoms with E-state index in [-0.39, 0.29) is 18.1 Å². The van der Waals surface area contributed by atoms with Crippen LogP contribution < -0.4 is 10.6 Å². The number of nitrogens with one attached hydrogen (secondary N) is 2. The molecule has 0 radical (unpaired) electrons. The average Bonchev–Trinajstić information content (AvgIpc) is 2.91. The van der Waals surface area contributed by atoms with Crippen LogP contribution in [0.1, 0.15) is 28.0 Å². The maximum atomic E-state index is 13.6. The van der Waals surface area contributed by atoms with Crippen LogP contribution in [0.4, 0.5) is 9.39 Å². The van der Waals surface area contributed by atoms with E-state index >= 15 is 0 Å². The molecule has 2 aromatic rings. The third-order valence-corrected chi connectivity index (χ3v) is 5.02. The standard InChI is InChI=1S/C17H16FN3OS/c18-14-4-2-1-3-11(14)5-6-16(22)21-17-13(9-19)12-7-8-20-10-15(12)23-17/h1-4,20H,5-8,10H2,(H,21,22). The lowest BCUT2D eigenvalue weighted by Crippen LogP contribution is -2.22. The van der Waals surface area contributed by atoms with Crippen molar-refractivity contribution in [3.05, 3.63) is 51.7 Å². The fourth-order valence-electron chi connectivity index (χ4n) is 2.68. The van der Waals surface area contributed by atoms with Gasteiger partial charge in [0.15, 0.2) is 0 Å². The summed E-state index contributed by atoms with van der Waals surface area (Å²) in [7, 11) is 0. The molecule has 0 bridgehead atoms. The van der Waals surface area contributed by atoms with Crippen molar-refractivity contribution in [2.45, 2.75) is 25.8 Å². The first-order valence-corrected chi connectivity index (χ1v) is 8.29. The quantitative estimate of drug-likeness (QED) is 0.906. The van der Waals surface area contributed by atoms with E-state index < -0.39 is 0 Å². The van der Waals surface area contributed by atoms with Gasteiger partial charge < -0.3 is 10.6 Å². The number of hydrogen-bond donors (Lipinski definition) is 2. The van der Waals surface area contributed by atoms with Crippen molar-refractivity contribution in [3.63, 3.8) is 0 Å². The van der Waals surface area contributed by atoms with Gasteiger partial charge in [0.1, 0.15) is 16.9 Å². The van der Waals surface area contributed by atoms with E-state index in [2.05, 4.69) is 16.7 Å². The van der Waals surface area contributed by atoms with E-state index in [0.717, 1.165) is 30.0 Å². The smallest absolute Gasteiger partial charge is 0.225 e. The Hall–Kier alpha value is -2.23. The van der Waals surface area contributed by atoms with Gasteiger partial charge >= 0.3 is 0 Å². The largest absolute Gasteiger partial charge is 0.317 e. The summed E-state index contributed by atoms with van der Waals surface area (Å²) < 4.78 is 13.6.